The van der Waals surface area contributed by atoms with Crippen LogP contribution in [0, 0.1) is 0 Å². The molecule has 7 nitrogen and oxygen atoms in total. The molecule has 2 rings (SSSR count). The van der Waals surface area contributed by atoms with Gasteiger partial charge in [0.15, 0.2) is 0 Å². The van der Waals surface area contributed by atoms with E-state index in [1.807, 2.05) is 13.0 Å². The minimum atomic E-state index is -0.727. The van der Waals surface area contributed by atoms with Crippen molar-refractivity contribution in [1.82, 2.24) is 10.2 Å². The molecule has 1 heterocycles. The van der Waals surface area contributed by atoms with Crippen LogP contribution in [0.2, 0.25) is 5.02 Å². The molecule has 33 heavy (non-hydrogen) atoms. The second-order valence-electron chi connectivity index (χ2n) is 8.41. The van der Waals surface area contributed by atoms with E-state index in [9.17, 15) is 14.4 Å². The Morgan fingerprint density at radius 1 is 1.24 bits per heavy atom. The SMILES string of the molecule is CCOC(=O)C1=C(SCCNC=O)N(C)C(C)=C(C(=O)OC(C)(C)C)C1c1cccc(Cl)c1. The Labute approximate surface area is 204 Å². The number of thioether (sulfide) groups is 1. The zero-order valence-corrected chi connectivity index (χ0v) is 21.4. The van der Waals surface area contributed by atoms with Crippen molar-refractivity contribution in [3.8, 4) is 0 Å². The van der Waals surface area contributed by atoms with E-state index in [0.717, 1.165) is 0 Å². The minimum absolute atomic E-state index is 0.184. The van der Waals surface area contributed by atoms with Crippen LogP contribution in [0.3, 0.4) is 0 Å². The smallest absolute Gasteiger partial charge is 0.337 e. The van der Waals surface area contributed by atoms with Crippen molar-refractivity contribution in [1.29, 1.82) is 0 Å². The molecular formula is C24H31ClN2O5S. The van der Waals surface area contributed by atoms with Gasteiger partial charge in [0, 0.05) is 30.1 Å². The van der Waals surface area contributed by atoms with Crippen LogP contribution in [0.25, 0.3) is 0 Å². The quantitative estimate of drug-likeness (QED) is 0.312. The number of esters is 2. The van der Waals surface area contributed by atoms with Gasteiger partial charge in [0.05, 0.1) is 28.7 Å². The topological polar surface area (TPSA) is 84.9 Å². The molecule has 1 aromatic rings. The van der Waals surface area contributed by atoms with Crippen molar-refractivity contribution in [2.75, 3.05) is 26.0 Å². The van der Waals surface area contributed by atoms with Crippen molar-refractivity contribution >= 4 is 41.7 Å². The Bertz CT molecular complexity index is 968. The van der Waals surface area contributed by atoms with Gasteiger partial charge in [-0.1, -0.05) is 23.7 Å². The first-order valence-corrected chi connectivity index (χ1v) is 12.0. The molecule has 0 saturated heterocycles. The number of hydrogen-bond donors (Lipinski definition) is 1. The summed E-state index contributed by atoms with van der Waals surface area (Å²) in [6, 6.07) is 7.08. The van der Waals surface area contributed by atoms with Crippen LogP contribution >= 0.6 is 23.4 Å². The molecule has 0 saturated carbocycles. The lowest BCUT2D eigenvalue weighted by Gasteiger charge is -2.37. The zero-order chi connectivity index (χ0) is 24.8. The molecule has 1 aromatic carbocycles. The average molecular weight is 495 g/mol. The Kier molecular flexibility index (Phi) is 9.43. The summed E-state index contributed by atoms with van der Waals surface area (Å²) in [6.07, 6.45) is 0.631. The number of amides is 1. The molecule has 1 aliphatic rings. The number of halogens is 1. The number of carbonyl (C=O) groups is 3. The molecule has 9 heteroatoms. The average Bonchev–Trinajstić information content (AvgIpc) is 2.72. The van der Waals surface area contributed by atoms with Gasteiger partial charge in [-0.25, -0.2) is 9.59 Å². The number of rotatable bonds is 9. The van der Waals surface area contributed by atoms with Crippen LogP contribution in [0.5, 0.6) is 0 Å². The van der Waals surface area contributed by atoms with E-state index in [0.29, 0.717) is 51.2 Å². The maximum atomic E-state index is 13.4. The highest BCUT2D eigenvalue weighted by molar-refractivity contribution is 8.03. The van der Waals surface area contributed by atoms with E-state index in [1.54, 1.807) is 57.8 Å². The van der Waals surface area contributed by atoms with Crippen molar-refractivity contribution < 1.29 is 23.9 Å². The Hall–Kier alpha value is -2.45. The Balaban J connectivity index is 2.72. The van der Waals surface area contributed by atoms with Gasteiger partial charge >= 0.3 is 11.9 Å². The number of allylic oxidation sites excluding steroid dienone is 1. The fraction of sp³-hybridized carbons (Fsp3) is 0.458. The summed E-state index contributed by atoms with van der Waals surface area (Å²) >= 11 is 7.69. The number of hydrogen-bond acceptors (Lipinski definition) is 7. The molecule has 1 aliphatic heterocycles. The summed E-state index contributed by atoms with van der Waals surface area (Å²) < 4.78 is 11.1. The Morgan fingerprint density at radius 2 is 1.94 bits per heavy atom. The van der Waals surface area contributed by atoms with Crippen LogP contribution in [-0.2, 0) is 23.9 Å². The first kappa shape index (κ1) is 26.8. The molecule has 0 radical (unpaired) electrons. The summed E-state index contributed by atoms with van der Waals surface area (Å²) in [5, 5.41) is 3.76. The third kappa shape index (κ3) is 6.77. The predicted octanol–water partition coefficient (Wildman–Crippen LogP) is 4.24. The van der Waals surface area contributed by atoms with Gasteiger partial charge in [-0.15, -0.1) is 11.8 Å². The first-order valence-electron chi connectivity index (χ1n) is 10.7. The van der Waals surface area contributed by atoms with Crippen molar-refractivity contribution in [3.05, 3.63) is 56.7 Å². The summed E-state index contributed by atoms with van der Waals surface area (Å²) in [4.78, 5) is 39.1. The van der Waals surface area contributed by atoms with Crippen LogP contribution in [0.1, 0.15) is 46.1 Å². The van der Waals surface area contributed by atoms with Gasteiger partial charge in [0.2, 0.25) is 6.41 Å². The third-order valence-electron chi connectivity index (χ3n) is 4.87. The van der Waals surface area contributed by atoms with E-state index in [-0.39, 0.29) is 6.61 Å². The second kappa shape index (κ2) is 11.6. The molecular weight excluding hydrogens is 464 g/mol. The lowest BCUT2D eigenvalue weighted by molar-refractivity contribution is -0.150. The molecule has 180 valence electrons. The van der Waals surface area contributed by atoms with Crippen molar-refractivity contribution in [2.24, 2.45) is 0 Å². The van der Waals surface area contributed by atoms with Gasteiger partial charge in [-0.3, -0.25) is 4.79 Å². The number of benzene rings is 1. The van der Waals surface area contributed by atoms with Crippen LogP contribution in [-0.4, -0.2) is 54.8 Å². The molecule has 1 amide bonds. The molecule has 0 aliphatic carbocycles. The van der Waals surface area contributed by atoms with Crippen LogP contribution in [0.4, 0.5) is 0 Å². The number of nitrogens with one attached hydrogen (secondary N) is 1. The molecule has 1 N–H and O–H groups in total. The summed E-state index contributed by atoms with van der Waals surface area (Å²) in [6.45, 7) is 9.55. The largest absolute Gasteiger partial charge is 0.463 e. The monoisotopic (exact) mass is 494 g/mol. The standard InChI is InChI=1S/C24H31ClN2O5S/c1-7-31-22(29)20-19(16-9-8-10-17(25)13-16)18(23(30)32-24(3,4)5)15(2)27(6)21(20)33-12-11-26-14-28/h8-10,13-14,19H,7,11-12H2,1-6H3,(H,26,28). The van der Waals surface area contributed by atoms with Gasteiger partial charge in [-0.05, 0) is 52.3 Å². The van der Waals surface area contributed by atoms with Crippen molar-refractivity contribution in [2.45, 2.75) is 46.1 Å². The van der Waals surface area contributed by atoms with Gasteiger partial charge in [-0.2, -0.15) is 0 Å². The van der Waals surface area contributed by atoms with E-state index < -0.39 is 23.5 Å². The van der Waals surface area contributed by atoms with Gasteiger partial charge in [0.1, 0.15) is 5.60 Å². The maximum absolute atomic E-state index is 13.4. The van der Waals surface area contributed by atoms with Gasteiger partial charge in [0.25, 0.3) is 0 Å². The molecule has 1 unspecified atom stereocenters. The molecule has 0 fully saturated rings. The lowest BCUT2D eigenvalue weighted by Crippen LogP contribution is -2.36. The fourth-order valence-electron chi connectivity index (χ4n) is 3.46. The Morgan fingerprint density at radius 3 is 2.52 bits per heavy atom. The van der Waals surface area contributed by atoms with Crippen molar-refractivity contribution in [3.63, 3.8) is 0 Å². The predicted molar refractivity (Wildman–Crippen MR) is 131 cm³/mol. The molecule has 0 aromatic heterocycles. The number of nitrogens with zero attached hydrogens (tertiary/aromatic N) is 1. The normalized spacial score (nSPS) is 16.6. The number of carbonyl (C=O) groups excluding carboxylic acids is 3. The summed E-state index contributed by atoms with van der Waals surface area (Å²) in [7, 11) is 1.79. The lowest BCUT2D eigenvalue weighted by atomic mass is 9.81. The third-order valence-corrected chi connectivity index (χ3v) is 6.28. The van der Waals surface area contributed by atoms with Crippen LogP contribution < -0.4 is 5.32 Å². The van der Waals surface area contributed by atoms with Gasteiger partial charge < -0.3 is 19.7 Å². The second-order valence-corrected chi connectivity index (χ2v) is 9.93. The minimum Gasteiger partial charge on any atom is -0.463 e. The molecule has 1 atom stereocenters. The highest BCUT2D eigenvalue weighted by atomic mass is 35.5. The first-order chi connectivity index (χ1) is 15.5. The summed E-state index contributed by atoms with van der Waals surface area (Å²) in [5.74, 6) is -1.23. The fourth-order valence-corrected chi connectivity index (χ4v) is 4.76. The van der Waals surface area contributed by atoms with E-state index in [2.05, 4.69) is 5.32 Å². The number of ether oxygens (including phenoxy) is 2. The highest BCUT2D eigenvalue weighted by Crippen LogP contribution is 2.46. The molecule has 0 bridgehead atoms. The van der Waals surface area contributed by atoms with E-state index >= 15 is 0 Å². The molecule has 0 spiro atoms. The highest BCUT2D eigenvalue weighted by Gasteiger charge is 2.42. The maximum Gasteiger partial charge on any atom is 0.337 e. The van der Waals surface area contributed by atoms with E-state index in [4.69, 9.17) is 21.1 Å². The van der Waals surface area contributed by atoms with Crippen LogP contribution in [0.15, 0.2) is 46.1 Å². The zero-order valence-electron chi connectivity index (χ0n) is 19.9. The van der Waals surface area contributed by atoms with E-state index in [1.165, 1.54) is 11.8 Å². The summed E-state index contributed by atoms with van der Waals surface area (Å²) in [5.41, 5.74) is 1.32.